The van der Waals surface area contributed by atoms with Crippen LogP contribution in [0.5, 0.6) is 5.75 Å². The van der Waals surface area contributed by atoms with Gasteiger partial charge in [0.15, 0.2) is 5.13 Å². The summed E-state index contributed by atoms with van der Waals surface area (Å²) in [6, 6.07) is 12.1. The Balaban J connectivity index is 1.71. The van der Waals surface area contributed by atoms with Gasteiger partial charge in [-0.2, -0.15) is 0 Å². The second kappa shape index (κ2) is 10.0. The van der Waals surface area contributed by atoms with Crippen LogP contribution in [0, 0.1) is 5.82 Å². The van der Waals surface area contributed by atoms with Crippen LogP contribution in [-0.4, -0.2) is 55.8 Å². The number of amides is 1. The SMILES string of the molecule is COc1ccc2nc(N(CCN(C)C)C(=O)CCSc3ccc(F)cc3)sc2c1. The molecule has 0 aliphatic heterocycles. The molecule has 0 N–H and O–H groups in total. The van der Waals surface area contributed by atoms with E-state index in [9.17, 15) is 9.18 Å². The van der Waals surface area contributed by atoms with Crippen LogP contribution in [0.4, 0.5) is 9.52 Å². The van der Waals surface area contributed by atoms with Crippen molar-refractivity contribution in [2.75, 3.05) is 44.9 Å². The van der Waals surface area contributed by atoms with Gasteiger partial charge in [-0.05, 0) is 56.6 Å². The number of aromatic nitrogens is 1. The summed E-state index contributed by atoms with van der Waals surface area (Å²) in [7, 11) is 5.60. The molecule has 2 aromatic carbocycles. The number of rotatable bonds is 9. The van der Waals surface area contributed by atoms with Crippen molar-refractivity contribution >= 4 is 44.4 Å². The van der Waals surface area contributed by atoms with Crippen molar-refractivity contribution in [3.63, 3.8) is 0 Å². The monoisotopic (exact) mass is 433 g/mol. The first-order valence-corrected chi connectivity index (χ1v) is 11.0. The van der Waals surface area contributed by atoms with Gasteiger partial charge in [0.1, 0.15) is 11.6 Å². The average Bonchev–Trinajstić information content (AvgIpc) is 3.12. The highest BCUT2D eigenvalue weighted by atomic mass is 32.2. The third-order valence-corrected chi connectivity index (χ3v) is 6.34. The Hall–Kier alpha value is -2.16. The van der Waals surface area contributed by atoms with E-state index in [0.717, 1.165) is 27.4 Å². The number of hydrogen-bond acceptors (Lipinski definition) is 6. The van der Waals surface area contributed by atoms with Crippen LogP contribution in [0.2, 0.25) is 0 Å². The number of anilines is 1. The predicted octanol–water partition coefficient (Wildman–Crippen LogP) is 4.52. The molecule has 3 rings (SSSR count). The van der Waals surface area contributed by atoms with Gasteiger partial charge in [-0.1, -0.05) is 11.3 Å². The van der Waals surface area contributed by atoms with Crippen molar-refractivity contribution in [3.8, 4) is 5.75 Å². The number of thioether (sulfide) groups is 1. The summed E-state index contributed by atoms with van der Waals surface area (Å²) < 4.78 is 19.3. The van der Waals surface area contributed by atoms with Gasteiger partial charge in [-0.25, -0.2) is 9.37 Å². The zero-order valence-corrected chi connectivity index (χ0v) is 18.4. The highest BCUT2D eigenvalue weighted by Gasteiger charge is 2.20. The topological polar surface area (TPSA) is 45.7 Å². The zero-order valence-electron chi connectivity index (χ0n) is 16.7. The minimum atomic E-state index is -0.257. The van der Waals surface area contributed by atoms with Gasteiger partial charge in [0.05, 0.1) is 17.3 Å². The van der Waals surface area contributed by atoms with Crippen molar-refractivity contribution in [1.82, 2.24) is 9.88 Å². The van der Waals surface area contributed by atoms with Crippen molar-refractivity contribution in [2.24, 2.45) is 0 Å². The quantitative estimate of drug-likeness (QED) is 0.464. The molecule has 0 fully saturated rings. The van der Waals surface area contributed by atoms with E-state index in [2.05, 4.69) is 4.98 Å². The number of likely N-dealkylation sites (N-methyl/N-ethyl adjacent to an activating group) is 1. The maximum atomic E-state index is 13.0. The van der Waals surface area contributed by atoms with Gasteiger partial charge in [0, 0.05) is 30.2 Å². The summed E-state index contributed by atoms with van der Waals surface area (Å²) in [5.41, 5.74) is 0.856. The van der Waals surface area contributed by atoms with E-state index in [4.69, 9.17) is 4.74 Å². The normalized spacial score (nSPS) is 11.2. The third-order valence-electron chi connectivity index (χ3n) is 4.29. The number of thiazole rings is 1. The zero-order chi connectivity index (χ0) is 20.8. The maximum Gasteiger partial charge on any atom is 0.229 e. The lowest BCUT2D eigenvalue weighted by atomic mass is 10.3. The third kappa shape index (κ3) is 5.91. The molecule has 0 aliphatic rings. The first-order chi connectivity index (χ1) is 14.0. The Labute approximate surface area is 178 Å². The van der Waals surface area contributed by atoms with E-state index in [1.165, 1.54) is 23.5 Å². The summed E-state index contributed by atoms with van der Waals surface area (Å²) in [4.78, 5) is 22.4. The molecule has 5 nitrogen and oxygen atoms in total. The van der Waals surface area contributed by atoms with Crippen LogP contribution in [0.3, 0.4) is 0 Å². The first-order valence-electron chi connectivity index (χ1n) is 9.24. The van der Waals surface area contributed by atoms with Crippen LogP contribution >= 0.6 is 23.1 Å². The van der Waals surface area contributed by atoms with Gasteiger partial charge in [0.25, 0.3) is 0 Å². The fraction of sp³-hybridized carbons (Fsp3) is 0.333. The summed E-state index contributed by atoms with van der Waals surface area (Å²) in [5.74, 6) is 1.18. The first kappa shape index (κ1) is 21.5. The number of carbonyl (C=O) groups is 1. The number of halogens is 1. The molecule has 0 aliphatic carbocycles. The van der Waals surface area contributed by atoms with Crippen LogP contribution in [0.15, 0.2) is 47.4 Å². The molecular formula is C21H24FN3O2S2. The summed E-state index contributed by atoms with van der Waals surface area (Å²) in [6.07, 6.45) is 0.384. The molecule has 0 spiro atoms. The smallest absolute Gasteiger partial charge is 0.229 e. The predicted molar refractivity (Wildman–Crippen MR) is 119 cm³/mol. The molecule has 1 amide bonds. The Morgan fingerprint density at radius 2 is 1.93 bits per heavy atom. The molecule has 3 aromatic rings. The molecule has 0 saturated carbocycles. The lowest BCUT2D eigenvalue weighted by Crippen LogP contribution is -2.36. The van der Waals surface area contributed by atoms with E-state index in [0.29, 0.717) is 23.8 Å². The molecule has 154 valence electrons. The fourth-order valence-corrected chi connectivity index (χ4v) is 4.56. The number of carbonyl (C=O) groups excluding carboxylic acids is 1. The van der Waals surface area contributed by atoms with Gasteiger partial charge >= 0.3 is 0 Å². The number of fused-ring (bicyclic) bond motifs is 1. The Kier molecular flexibility index (Phi) is 7.46. The lowest BCUT2D eigenvalue weighted by molar-refractivity contribution is -0.118. The summed E-state index contributed by atoms with van der Waals surface area (Å²) in [5, 5.41) is 0.701. The van der Waals surface area contributed by atoms with Crippen LogP contribution in [0.1, 0.15) is 6.42 Å². The average molecular weight is 434 g/mol. The molecule has 8 heteroatoms. The largest absolute Gasteiger partial charge is 0.497 e. The number of hydrogen-bond donors (Lipinski definition) is 0. The van der Waals surface area contributed by atoms with Gasteiger partial charge in [0.2, 0.25) is 5.91 Å². The minimum Gasteiger partial charge on any atom is -0.497 e. The van der Waals surface area contributed by atoms with Crippen molar-refractivity contribution in [3.05, 3.63) is 48.3 Å². The molecule has 29 heavy (non-hydrogen) atoms. The highest BCUT2D eigenvalue weighted by Crippen LogP contribution is 2.32. The molecule has 0 atom stereocenters. The molecule has 0 unspecified atom stereocenters. The molecular weight excluding hydrogens is 409 g/mol. The van der Waals surface area contributed by atoms with E-state index < -0.39 is 0 Å². The van der Waals surface area contributed by atoms with Crippen molar-refractivity contribution < 1.29 is 13.9 Å². The van der Waals surface area contributed by atoms with Crippen molar-refractivity contribution in [1.29, 1.82) is 0 Å². The van der Waals surface area contributed by atoms with Crippen LogP contribution in [-0.2, 0) is 4.79 Å². The second-order valence-corrected chi connectivity index (χ2v) is 8.91. The Bertz CT molecular complexity index is 960. The number of benzene rings is 2. The summed E-state index contributed by atoms with van der Waals surface area (Å²) >= 11 is 3.04. The highest BCUT2D eigenvalue weighted by molar-refractivity contribution is 7.99. The molecule has 1 heterocycles. The summed E-state index contributed by atoms with van der Waals surface area (Å²) in [6.45, 7) is 1.32. The Morgan fingerprint density at radius 3 is 2.62 bits per heavy atom. The van der Waals surface area contributed by atoms with Gasteiger partial charge in [-0.15, -0.1) is 11.8 Å². The van der Waals surface area contributed by atoms with E-state index in [1.54, 1.807) is 35.9 Å². The number of methoxy groups -OCH3 is 1. The van der Waals surface area contributed by atoms with Gasteiger partial charge in [-0.3, -0.25) is 9.69 Å². The molecule has 0 radical (unpaired) electrons. The van der Waals surface area contributed by atoms with Gasteiger partial charge < -0.3 is 9.64 Å². The van der Waals surface area contributed by atoms with Crippen LogP contribution < -0.4 is 9.64 Å². The molecule has 0 saturated heterocycles. The van der Waals surface area contributed by atoms with Crippen LogP contribution in [0.25, 0.3) is 10.2 Å². The van der Waals surface area contributed by atoms with E-state index in [-0.39, 0.29) is 11.7 Å². The fourth-order valence-electron chi connectivity index (χ4n) is 2.68. The maximum absolute atomic E-state index is 13.0. The lowest BCUT2D eigenvalue weighted by Gasteiger charge is -2.22. The number of ether oxygens (including phenoxy) is 1. The second-order valence-electron chi connectivity index (χ2n) is 6.73. The van der Waals surface area contributed by atoms with Crippen molar-refractivity contribution in [2.45, 2.75) is 11.3 Å². The minimum absolute atomic E-state index is 0.0347. The molecule has 0 bridgehead atoms. The van der Waals surface area contributed by atoms with E-state index >= 15 is 0 Å². The van der Waals surface area contributed by atoms with E-state index in [1.807, 2.05) is 37.2 Å². The Morgan fingerprint density at radius 1 is 1.17 bits per heavy atom. The number of nitrogens with zero attached hydrogens (tertiary/aromatic N) is 3. The standard InChI is InChI=1S/C21H24FN3O2S2/c1-24(2)11-12-25(20(26)10-13-28-17-7-4-15(22)5-8-17)21-23-18-9-6-16(27-3)14-19(18)29-21/h4-9,14H,10-13H2,1-3H3. The molecule has 1 aromatic heterocycles.